The van der Waals surface area contributed by atoms with Crippen molar-refractivity contribution in [2.24, 2.45) is 5.16 Å². The Morgan fingerprint density at radius 3 is 2.56 bits per heavy atom. The Morgan fingerprint density at radius 2 is 1.83 bits per heavy atom. The smallest absolute Gasteiger partial charge is 0.142 e. The highest BCUT2D eigenvalue weighted by molar-refractivity contribution is 5.82. The van der Waals surface area contributed by atoms with Gasteiger partial charge in [-0.1, -0.05) is 29.4 Å². The van der Waals surface area contributed by atoms with Gasteiger partial charge in [0.1, 0.15) is 18.2 Å². The third kappa shape index (κ3) is 3.31. The van der Waals surface area contributed by atoms with Crippen LogP contribution >= 0.6 is 0 Å². The van der Waals surface area contributed by atoms with Crippen LogP contribution in [0.5, 0.6) is 5.75 Å². The van der Waals surface area contributed by atoms with E-state index in [-0.39, 0.29) is 18.2 Å². The number of hydrogen-bond acceptors (Lipinski definition) is 3. The van der Waals surface area contributed by atoms with E-state index in [9.17, 15) is 9.50 Å². The van der Waals surface area contributed by atoms with Gasteiger partial charge < -0.3 is 9.94 Å². The van der Waals surface area contributed by atoms with Crippen LogP contribution in [0.2, 0.25) is 0 Å². The minimum Gasteiger partial charge on any atom is -0.507 e. The van der Waals surface area contributed by atoms with Gasteiger partial charge in [0.15, 0.2) is 0 Å². The Hall–Kier alpha value is -2.36. The zero-order chi connectivity index (χ0) is 12.8. The molecule has 0 radical (unpaired) electrons. The van der Waals surface area contributed by atoms with E-state index in [0.717, 1.165) is 5.56 Å². The van der Waals surface area contributed by atoms with Crippen LogP contribution in [0.1, 0.15) is 11.1 Å². The SMILES string of the molecule is Oc1ccccc1/C=N/OCc1ccc(F)cc1. The van der Waals surface area contributed by atoms with Gasteiger partial charge in [-0.2, -0.15) is 0 Å². The quantitative estimate of drug-likeness (QED) is 0.664. The fourth-order valence-electron chi connectivity index (χ4n) is 1.38. The predicted octanol–water partition coefficient (Wildman–Crippen LogP) is 3.08. The first kappa shape index (κ1) is 12.1. The highest BCUT2D eigenvalue weighted by Gasteiger charge is 1.96. The number of phenolic OH excluding ortho intramolecular Hbond substituents is 1. The molecular formula is C14H12FNO2. The Balaban J connectivity index is 1.89. The number of halogens is 1. The molecule has 18 heavy (non-hydrogen) atoms. The highest BCUT2D eigenvalue weighted by atomic mass is 19.1. The van der Waals surface area contributed by atoms with Crippen LogP contribution in [0.4, 0.5) is 4.39 Å². The maximum atomic E-state index is 12.6. The van der Waals surface area contributed by atoms with Crippen LogP contribution in [0.3, 0.4) is 0 Å². The number of nitrogens with zero attached hydrogens (tertiary/aromatic N) is 1. The van der Waals surface area contributed by atoms with Crippen molar-refractivity contribution in [1.82, 2.24) is 0 Å². The summed E-state index contributed by atoms with van der Waals surface area (Å²) in [5.74, 6) is -0.136. The number of benzene rings is 2. The first-order valence-corrected chi connectivity index (χ1v) is 5.43. The summed E-state index contributed by atoms with van der Waals surface area (Å²) >= 11 is 0. The molecule has 0 aliphatic rings. The molecule has 0 aromatic heterocycles. The van der Waals surface area contributed by atoms with E-state index in [1.165, 1.54) is 18.3 Å². The largest absolute Gasteiger partial charge is 0.507 e. The molecule has 0 atom stereocenters. The lowest BCUT2D eigenvalue weighted by molar-refractivity contribution is 0.132. The number of phenols is 1. The van der Waals surface area contributed by atoms with Crippen LogP contribution < -0.4 is 0 Å². The fourth-order valence-corrected chi connectivity index (χ4v) is 1.38. The van der Waals surface area contributed by atoms with Gasteiger partial charge in [0, 0.05) is 5.56 Å². The number of aromatic hydroxyl groups is 1. The molecule has 0 saturated carbocycles. The van der Waals surface area contributed by atoms with Crippen molar-refractivity contribution < 1.29 is 14.3 Å². The van der Waals surface area contributed by atoms with E-state index in [2.05, 4.69) is 5.16 Å². The van der Waals surface area contributed by atoms with Crippen molar-refractivity contribution >= 4 is 6.21 Å². The molecule has 0 spiro atoms. The lowest BCUT2D eigenvalue weighted by atomic mass is 10.2. The Morgan fingerprint density at radius 1 is 1.11 bits per heavy atom. The number of para-hydroxylation sites is 1. The van der Waals surface area contributed by atoms with E-state index < -0.39 is 0 Å². The summed E-state index contributed by atoms with van der Waals surface area (Å²) in [5.41, 5.74) is 1.41. The lowest BCUT2D eigenvalue weighted by Crippen LogP contribution is -1.89. The first-order chi connectivity index (χ1) is 8.75. The van der Waals surface area contributed by atoms with Crippen LogP contribution in [0.15, 0.2) is 53.7 Å². The first-order valence-electron chi connectivity index (χ1n) is 5.43. The molecule has 0 heterocycles. The van der Waals surface area contributed by atoms with E-state index >= 15 is 0 Å². The molecule has 0 aliphatic carbocycles. The van der Waals surface area contributed by atoms with E-state index in [0.29, 0.717) is 5.56 Å². The van der Waals surface area contributed by atoms with Crippen molar-refractivity contribution in [2.75, 3.05) is 0 Å². The molecule has 0 saturated heterocycles. The number of hydrogen-bond donors (Lipinski definition) is 1. The van der Waals surface area contributed by atoms with Gasteiger partial charge in [-0.15, -0.1) is 0 Å². The summed E-state index contributed by atoms with van der Waals surface area (Å²) < 4.78 is 12.6. The van der Waals surface area contributed by atoms with E-state index in [4.69, 9.17) is 4.84 Å². The predicted molar refractivity (Wildman–Crippen MR) is 66.9 cm³/mol. The van der Waals surface area contributed by atoms with Crippen LogP contribution in [0.25, 0.3) is 0 Å². The van der Waals surface area contributed by atoms with Crippen LogP contribution in [-0.4, -0.2) is 11.3 Å². The zero-order valence-electron chi connectivity index (χ0n) is 9.58. The molecule has 0 unspecified atom stereocenters. The summed E-state index contributed by atoms with van der Waals surface area (Å²) in [6.45, 7) is 0.254. The summed E-state index contributed by atoms with van der Waals surface area (Å²) in [6.07, 6.45) is 1.43. The van der Waals surface area contributed by atoms with Gasteiger partial charge >= 0.3 is 0 Å². The monoisotopic (exact) mass is 245 g/mol. The zero-order valence-corrected chi connectivity index (χ0v) is 9.58. The third-order valence-electron chi connectivity index (χ3n) is 2.35. The summed E-state index contributed by atoms with van der Waals surface area (Å²) in [7, 11) is 0. The molecule has 2 rings (SSSR count). The Kier molecular flexibility index (Phi) is 3.91. The minimum absolute atomic E-state index is 0.145. The second-order valence-corrected chi connectivity index (χ2v) is 3.69. The van der Waals surface area contributed by atoms with Gasteiger partial charge in [-0.25, -0.2) is 4.39 Å². The molecule has 0 aliphatic heterocycles. The van der Waals surface area contributed by atoms with Crippen LogP contribution in [-0.2, 0) is 11.4 Å². The van der Waals surface area contributed by atoms with Gasteiger partial charge in [0.25, 0.3) is 0 Å². The molecule has 0 amide bonds. The molecule has 2 aromatic carbocycles. The second kappa shape index (κ2) is 5.82. The number of oxime groups is 1. The molecule has 0 fully saturated rings. The average Bonchev–Trinajstić information content (AvgIpc) is 2.39. The van der Waals surface area contributed by atoms with Crippen LogP contribution in [0, 0.1) is 5.82 Å². The van der Waals surface area contributed by atoms with Crippen molar-refractivity contribution in [2.45, 2.75) is 6.61 Å². The van der Waals surface area contributed by atoms with Crippen molar-refractivity contribution in [3.63, 3.8) is 0 Å². The molecule has 1 N–H and O–H groups in total. The molecule has 92 valence electrons. The van der Waals surface area contributed by atoms with Crippen molar-refractivity contribution in [1.29, 1.82) is 0 Å². The topological polar surface area (TPSA) is 41.8 Å². The maximum absolute atomic E-state index is 12.6. The third-order valence-corrected chi connectivity index (χ3v) is 2.35. The van der Waals surface area contributed by atoms with E-state index in [1.54, 1.807) is 36.4 Å². The fraction of sp³-hybridized carbons (Fsp3) is 0.0714. The standard InChI is InChI=1S/C14H12FNO2/c15-13-7-5-11(6-8-13)10-18-16-9-12-3-1-2-4-14(12)17/h1-9,17H,10H2/b16-9+. The summed E-state index contributed by atoms with van der Waals surface area (Å²) in [6, 6.07) is 12.8. The van der Waals surface area contributed by atoms with Gasteiger partial charge in [-0.3, -0.25) is 0 Å². The molecular weight excluding hydrogens is 233 g/mol. The van der Waals surface area contributed by atoms with Crippen molar-refractivity contribution in [3.8, 4) is 5.75 Å². The molecule has 0 bridgehead atoms. The Bertz CT molecular complexity index is 538. The average molecular weight is 245 g/mol. The van der Waals surface area contributed by atoms with E-state index in [1.807, 2.05) is 0 Å². The molecule has 4 heteroatoms. The van der Waals surface area contributed by atoms with Gasteiger partial charge in [0.05, 0.1) is 6.21 Å². The Labute approximate surface area is 104 Å². The maximum Gasteiger partial charge on any atom is 0.142 e. The molecule has 2 aromatic rings. The van der Waals surface area contributed by atoms with Gasteiger partial charge in [-0.05, 0) is 29.8 Å². The second-order valence-electron chi connectivity index (χ2n) is 3.69. The minimum atomic E-state index is -0.281. The summed E-state index contributed by atoms with van der Waals surface area (Å²) in [5, 5.41) is 13.2. The van der Waals surface area contributed by atoms with Crippen molar-refractivity contribution in [3.05, 3.63) is 65.5 Å². The normalized spacial score (nSPS) is 10.7. The highest BCUT2D eigenvalue weighted by Crippen LogP contribution is 2.13. The lowest BCUT2D eigenvalue weighted by Gasteiger charge is -2.00. The molecule has 3 nitrogen and oxygen atoms in total. The van der Waals surface area contributed by atoms with Gasteiger partial charge in [0.2, 0.25) is 0 Å². The summed E-state index contributed by atoms with van der Waals surface area (Å²) in [4.78, 5) is 5.05. The number of rotatable bonds is 4.